The van der Waals surface area contributed by atoms with Crippen LogP contribution in [0.5, 0.6) is 0 Å². The number of rotatable bonds is 3. The summed E-state index contributed by atoms with van der Waals surface area (Å²) in [6.45, 7) is 0.520. The topological polar surface area (TPSA) is 55.1 Å². The van der Waals surface area contributed by atoms with E-state index in [4.69, 9.17) is 5.73 Å². The highest BCUT2D eigenvalue weighted by Gasteiger charge is 2.17. The normalized spacial score (nSPS) is 13.8. The van der Waals surface area contributed by atoms with E-state index < -0.39 is 0 Å². The number of carbonyl (C=O) groups is 1. The highest BCUT2D eigenvalue weighted by Crippen LogP contribution is 2.30. The summed E-state index contributed by atoms with van der Waals surface area (Å²) in [4.78, 5) is 14.5. The van der Waals surface area contributed by atoms with Gasteiger partial charge in [-0.05, 0) is 55.0 Å². The minimum Gasteiger partial charge on any atom is -0.326 e. The molecule has 0 bridgehead atoms. The third-order valence-corrected chi connectivity index (χ3v) is 4.90. The summed E-state index contributed by atoms with van der Waals surface area (Å²) in [5.74, 6) is -0.00935. The van der Waals surface area contributed by atoms with Crippen LogP contribution in [0.15, 0.2) is 30.3 Å². The van der Waals surface area contributed by atoms with Crippen LogP contribution in [0.1, 0.15) is 38.5 Å². The number of nitrogens with one attached hydrogen (secondary N) is 1. The summed E-state index contributed by atoms with van der Waals surface area (Å²) in [6, 6.07) is 9.73. The van der Waals surface area contributed by atoms with Gasteiger partial charge < -0.3 is 11.1 Å². The highest BCUT2D eigenvalue weighted by atomic mass is 32.1. The molecule has 1 aromatic carbocycles. The van der Waals surface area contributed by atoms with Crippen molar-refractivity contribution in [3.05, 3.63) is 51.2 Å². The molecule has 1 aliphatic carbocycles. The van der Waals surface area contributed by atoms with Crippen LogP contribution in [0.4, 0.5) is 5.69 Å². The Hall–Kier alpha value is -1.65. The van der Waals surface area contributed by atoms with E-state index in [9.17, 15) is 4.79 Å². The van der Waals surface area contributed by atoms with Gasteiger partial charge in [-0.15, -0.1) is 11.3 Å². The summed E-state index contributed by atoms with van der Waals surface area (Å²) < 4.78 is 0. The molecule has 1 heterocycles. The van der Waals surface area contributed by atoms with Gasteiger partial charge in [0.05, 0.1) is 4.88 Å². The molecule has 0 atom stereocenters. The molecule has 104 valence electrons. The van der Waals surface area contributed by atoms with E-state index in [0.717, 1.165) is 29.0 Å². The van der Waals surface area contributed by atoms with Crippen molar-refractivity contribution >= 4 is 22.9 Å². The molecule has 2 aromatic rings. The Labute approximate surface area is 122 Å². The molecular weight excluding hydrogens is 268 g/mol. The third kappa shape index (κ3) is 2.76. The molecule has 20 heavy (non-hydrogen) atoms. The fourth-order valence-corrected chi connectivity index (χ4v) is 3.67. The van der Waals surface area contributed by atoms with Crippen molar-refractivity contribution in [2.24, 2.45) is 5.73 Å². The predicted molar refractivity (Wildman–Crippen MR) is 83.2 cm³/mol. The van der Waals surface area contributed by atoms with Gasteiger partial charge in [0.25, 0.3) is 5.91 Å². The first-order valence-electron chi connectivity index (χ1n) is 6.98. The minimum atomic E-state index is -0.00935. The van der Waals surface area contributed by atoms with Crippen molar-refractivity contribution < 1.29 is 4.79 Å². The average Bonchev–Trinajstić information content (AvgIpc) is 2.92. The lowest BCUT2D eigenvalue weighted by atomic mass is 9.99. The number of anilines is 1. The van der Waals surface area contributed by atoms with E-state index in [-0.39, 0.29) is 5.91 Å². The van der Waals surface area contributed by atoms with Crippen LogP contribution in [0.25, 0.3) is 0 Å². The first kappa shape index (κ1) is 13.3. The molecule has 0 saturated carbocycles. The lowest BCUT2D eigenvalue weighted by Gasteiger charge is -2.08. The van der Waals surface area contributed by atoms with Gasteiger partial charge in [-0.25, -0.2) is 0 Å². The number of thiophene rings is 1. The molecule has 1 aromatic heterocycles. The number of benzene rings is 1. The minimum absolute atomic E-state index is 0.00935. The first-order valence-corrected chi connectivity index (χ1v) is 7.80. The molecule has 0 fully saturated rings. The second kappa shape index (κ2) is 5.77. The molecule has 0 aliphatic heterocycles. The largest absolute Gasteiger partial charge is 0.326 e. The van der Waals surface area contributed by atoms with Crippen molar-refractivity contribution in [2.45, 2.75) is 32.2 Å². The summed E-state index contributed by atoms with van der Waals surface area (Å²) in [7, 11) is 0. The molecule has 3 nitrogen and oxygen atoms in total. The van der Waals surface area contributed by atoms with Crippen LogP contribution < -0.4 is 11.1 Å². The smallest absolute Gasteiger partial charge is 0.265 e. The Morgan fingerprint density at radius 2 is 1.95 bits per heavy atom. The van der Waals surface area contributed by atoms with Crippen LogP contribution in [0.3, 0.4) is 0 Å². The van der Waals surface area contributed by atoms with E-state index in [1.165, 1.54) is 23.3 Å². The van der Waals surface area contributed by atoms with E-state index in [1.807, 2.05) is 24.3 Å². The summed E-state index contributed by atoms with van der Waals surface area (Å²) >= 11 is 1.64. The fourth-order valence-electron chi connectivity index (χ4n) is 2.52. The standard InChI is InChI=1S/C16H18N2OS/c17-10-11-5-7-13(8-6-11)18-16(19)15-9-12-3-1-2-4-14(12)20-15/h5-9H,1-4,10,17H2,(H,18,19). The average molecular weight is 286 g/mol. The fraction of sp³-hybridized carbons (Fsp3) is 0.312. The maximum absolute atomic E-state index is 12.3. The molecule has 0 unspecified atom stereocenters. The summed E-state index contributed by atoms with van der Waals surface area (Å²) in [5.41, 5.74) is 8.81. The van der Waals surface area contributed by atoms with Gasteiger partial charge in [0, 0.05) is 17.1 Å². The lowest BCUT2D eigenvalue weighted by molar-refractivity contribution is 0.103. The maximum Gasteiger partial charge on any atom is 0.265 e. The van der Waals surface area contributed by atoms with E-state index in [0.29, 0.717) is 6.54 Å². The van der Waals surface area contributed by atoms with E-state index in [2.05, 4.69) is 11.4 Å². The zero-order valence-electron chi connectivity index (χ0n) is 11.3. The second-order valence-corrected chi connectivity index (χ2v) is 6.26. The molecule has 0 spiro atoms. The van der Waals surface area contributed by atoms with Gasteiger partial charge in [-0.2, -0.15) is 0 Å². The van der Waals surface area contributed by atoms with Crippen molar-refractivity contribution in [2.75, 3.05) is 5.32 Å². The number of hydrogen-bond acceptors (Lipinski definition) is 3. The summed E-state index contributed by atoms with van der Waals surface area (Å²) in [5, 5.41) is 2.95. The second-order valence-electron chi connectivity index (χ2n) is 5.12. The Kier molecular flexibility index (Phi) is 3.85. The zero-order chi connectivity index (χ0) is 13.9. The number of fused-ring (bicyclic) bond motifs is 1. The van der Waals surface area contributed by atoms with Gasteiger partial charge in [0.1, 0.15) is 0 Å². The SMILES string of the molecule is NCc1ccc(NC(=O)c2cc3c(s2)CCCC3)cc1. The van der Waals surface area contributed by atoms with Gasteiger partial charge in [-0.1, -0.05) is 12.1 Å². The number of nitrogens with two attached hydrogens (primary N) is 1. The van der Waals surface area contributed by atoms with Crippen LogP contribution in [0, 0.1) is 0 Å². The Bertz CT molecular complexity index is 592. The Morgan fingerprint density at radius 3 is 2.65 bits per heavy atom. The summed E-state index contributed by atoms with van der Waals surface area (Å²) in [6.07, 6.45) is 4.73. The van der Waals surface area contributed by atoms with E-state index >= 15 is 0 Å². The molecular formula is C16H18N2OS. The molecule has 3 N–H and O–H groups in total. The van der Waals surface area contributed by atoms with Crippen molar-refractivity contribution in [1.82, 2.24) is 0 Å². The third-order valence-electron chi connectivity index (χ3n) is 3.67. The van der Waals surface area contributed by atoms with Crippen LogP contribution in [-0.4, -0.2) is 5.91 Å². The Morgan fingerprint density at radius 1 is 1.20 bits per heavy atom. The maximum atomic E-state index is 12.3. The first-order chi connectivity index (χ1) is 9.76. The lowest BCUT2D eigenvalue weighted by Crippen LogP contribution is -2.10. The highest BCUT2D eigenvalue weighted by molar-refractivity contribution is 7.14. The number of carbonyl (C=O) groups excluding carboxylic acids is 1. The molecule has 1 aliphatic rings. The number of aryl methyl sites for hydroxylation is 2. The quantitative estimate of drug-likeness (QED) is 0.909. The molecule has 0 radical (unpaired) electrons. The van der Waals surface area contributed by atoms with Crippen LogP contribution >= 0.6 is 11.3 Å². The predicted octanol–water partition coefficient (Wildman–Crippen LogP) is 3.34. The molecule has 4 heteroatoms. The number of amides is 1. The van der Waals surface area contributed by atoms with Gasteiger partial charge in [0.15, 0.2) is 0 Å². The van der Waals surface area contributed by atoms with Crippen LogP contribution in [-0.2, 0) is 19.4 Å². The number of hydrogen-bond donors (Lipinski definition) is 2. The molecule has 1 amide bonds. The van der Waals surface area contributed by atoms with Crippen LogP contribution in [0.2, 0.25) is 0 Å². The zero-order valence-corrected chi connectivity index (χ0v) is 12.1. The van der Waals surface area contributed by atoms with Crippen molar-refractivity contribution in [3.63, 3.8) is 0 Å². The van der Waals surface area contributed by atoms with Gasteiger partial charge >= 0.3 is 0 Å². The molecule has 3 rings (SSSR count). The van der Waals surface area contributed by atoms with Gasteiger partial charge in [0.2, 0.25) is 0 Å². The van der Waals surface area contributed by atoms with Crippen molar-refractivity contribution in [3.8, 4) is 0 Å². The van der Waals surface area contributed by atoms with E-state index in [1.54, 1.807) is 11.3 Å². The van der Waals surface area contributed by atoms with Crippen molar-refractivity contribution in [1.29, 1.82) is 0 Å². The Balaban J connectivity index is 1.73. The molecule has 0 saturated heterocycles. The van der Waals surface area contributed by atoms with Gasteiger partial charge in [-0.3, -0.25) is 4.79 Å². The monoisotopic (exact) mass is 286 g/mol.